The van der Waals surface area contributed by atoms with Crippen LogP contribution in [0, 0.1) is 0 Å². The summed E-state index contributed by atoms with van der Waals surface area (Å²) in [6.07, 6.45) is 0.0985. The van der Waals surface area contributed by atoms with Crippen LogP contribution < -0.4 is 0 Å². The number of hydrogen-bond acceptors (Lipinski definition) is 3. The van der Waals surface area contributed by atoms with Crippen LogP contribution in [0.5, 0.6) is 0 Å². The molecule has 0 radical (unpaired) electrons. The summed E-state index contributed by atoms with van der Waals surface area (Å²) in [6, 6.07) is 3.46. The Morgan fingerprint density at radius 1 is 1.47 bits per heavy atom. The summed E-state index contributed by atoms with van der Waals surface area (Å²) in [4.78, 5) is 18.2. The summed E-state index contributed by atoms with van der Waals surface area (Å²) in [5.41, 5.74) is 0.632. The molecule has 0 spiro atoms. The number of ether oxygens (including phenoxy) is 1. The normalized spacial score (nSPS) is 20.4. The summed E-state index contributed by atoms with van der Waals surface area (Å²) in [5, 5.41) is 0. The third-order valence-corrected chi connectivity index (χ3v) is 3.35. The summed E-state index contributed by atoms with van der Waals surface area (Å²) in [6.45, 7) is 3.84. The lowest BCUT2D eigenvalue weighted by Gasteiger charge is -2.31. The Hall–Kier alpha value is -0.460. The first-order valence-electron chi connectivity index (χ1n) is 5.30. The summed E-state index contributed by atoms with van der Waals surface area (Å²) in [7, 11) is 0. The van der Waals surface area contributed by atoms with Crippen molar-refractivity contribution >= 4 is 37.8 Å². The predicted molar refractivity (Wildman–Crippen MR) is 71.0 cm³/mol. The standard InChI is InChI=1S/C11H12Br2N2O2/c1-7-6-15(2-3-17-7)11(16)8-4-9(12)14-10(13)5-8/h4-5,7H,2-3,6H2,1H3/t7-/m0/s1. The summed E-state index contributed by atoms with van der Waals surface area (Å²) in [5.74, 6) is 0.0175. The molecule has 1 saturated heterocycles. The Balaban J connectivity index is 2.18. The minimum Gasteiger partial charge on any atom is -0.375 e. The van der Waals surface area contributed by atoms with E-state index in [0.29, 0.717) is 34.5 Å². The monoisotopic (exact) mass is 362 g/mol. The van der Waals surface area contributed by atoms with Crippen molar-refractivity contribution in [3.05, 3.63) is 26.9 Å². The minimum absolute atomic E-state index is 0.0175. The molecule has 2 heterocycles. The first kappa shape index (κ1) is 13.0. The second-order valence-electron chi connectivity index (χ2n) is 3.93. The van der Waals surface area contributed by atoms with Gasteiger partial charge in [0.2, 0.25) is 0 Å². The Kier molecular flexibility index (Phi) is 4.17. The van der Waals surface area contributed by atoms with Crippen LogP contribution in [-0.2, 0) is 4.74 Å². The smallest absolute Gasteiger partial charge is 0.254 e. The fraction of sp³-hybridized carbons (Fsp3) is 0.455. The van der Waals surface area contributed by atoms with E-state index in [1.54, 1.807) is 12.1 Å². The molecule has 1 atom stereocenters. The molecule has 1 amide bonds. The number of amides is 1. The van der Waals surface area contributed by atoms with Gasteiger partial charge in [0, 0.05) is 18.7 Å². The molecule has 2 rings (SSSR count). The van der Waals surface area contributed by atoms with Crippen molar-refractivity contribution in [3.63, 3.8) is 0 Å². The van der Waals surface area contributed by atoms with Gasteiger partial charge in [0.1, 0.15) is 9.21 Å². The average molecular weight is 364 g/mol. The van der Waals surface area contributed by atoms with E-state index in [2.05, 4.69) is 36.8 Å². The zero-order valence-electron chi connectivity index (χ0n) is 9.32. The summed E-state index contributed by atoms with van der Waals surface area (Å²) >= 11 is 6.56. The van der Waals surface area contributed by atoms with Crippen LogP contribution >= 0.6 is 31.9 Å². The van der Waals surface area contributed by atoms with E-state index >= 15 is 0 Å². The van der Waals surface area contributed by atoms with E-state index in [9.17, 15) is 4.79 Å². The number of morpholine rings is 1. The van der Waals surface area contributed by atoms with Crippen LogP contribution in [0.2, 0.25) is 0 Å². The van der Waals surface area contributed by atoms with Gasteiger partial charge < -0.3 is 9.64 Å². The highest BCUT2D eigenvalue weighted by Crippen LogP contribution is 2.18. The molecular weight excluding hydrogens is 352 g/mol. The van der Waals surface area contributed by atoms with Crippen molar-refractivity contribution in [2.45, 2.75) is 13.0 Å². The molecule has 17 heavy (non-hydrogen) atoms. The number of nitrogens with zero attached hydrogens (tertiary/aromatic N) is 2. The van der Waals surface area contributed by atoms with Crippen molar-refractivity contribution in [1.29, 1.82) is 0 Å². The van der Waals surface area contributed by atoms with Gasteiger partial charge in [-0.15, -0.1) is 0 Å². The molecule has 1 aromatic rings. The molecule has 0 unspecified atom stereocenters. The molecule has 4 nitrogen and oxygen atoms in total. The van der Waals surface area contributed by atoms with Crippen LogP contribution in [0.4, 0.5) is 0 Å². The number of hydrogen-bond donors (Lipinski definition) is 0. The summed E-state index contributed by atoms with van der Waals surface area (Å²) < 4.78 is 6.72. The fourth-order valence-electron chi connectivity index (χ4n) is 1.77. The van der Waals surface area contributed by atoms with E-state index in [1.807, 2.05) is 11.8 Å². The number of pyridine rings is 1. The van der Waals surface area contributed by atoms with E-state index in [4.69, 9.17) is 4.74 Å². The van der Waals surface area contributed by atoms with Gasteiger partial charge >= 0.3 is 0 Å². The molecule has 1 aliphatic rings. The van der Waals surface area contributed by atoms with Crippen molar-refractivity contribution in [3.8, 4) is 0 Å². The maximum absolute atomic E-state index is 12.3. The molecular formula is C11H12Br2N2O2. The lowest BCUT2D eigenvalue weighted by atomic mass is 10.2. The van der Waals surface area contributed by atoms with Crippen LogP contribution in [0.3, 0.4) is 0 Å². The van der Waals surface area contributed by atoms with E-state index in [1.165, 1.54) is 0 Å². The van der Waals surface area contributed by atoms with Crippen LogP contribution in [0.1, 0.15) is 17.3 Å². The predicted octanol–water partition coefficient (Wildman–Crippen LogP) is 2.47. The number of halogens is 2. The SMILES string of the molecule is C[C@H]1CN(C(=O)c2cc(Br)nc(Br)c2)CCO1. The molecule has 1 aromatic heterocycles. The Bertz CT molecular complexity index is 419. The van der Waals surface area contributed by atoms with Gasteiger partial charge in [-0.3, -0.25) is 4.79 Å². The number of rotatable bonds is 1. The highest BCUT2D eigenvalue weighted by atomic mass is 79.9. The molecule has 6 heteroatoms. The quantitative estimate of drug-likeness (QED) is 0.720. The largest absolute Gasteiger partial charge is 0.375 e. The molecule has 1 aliphatic heterocycles. The van der Waals surface area contributed by atoms with Crippen molar-refractivity contribution in [1.82, 2.24) is 9.88 Å². The van der Waals surface area contributed by atoms with Gasteiger partial charge in [-0.1, -0.05) is 0 Å². The minimum atomic E-state index is 0.0175. The van der Waals surface area contributed by atoms with E-state index in [-0.39, 0.29) is 12.0 Å². The van der Waals surface area contributed by atoms with E-state index < -0.39 is 0 Å². The third-order valence-electron chi connectivity index (χ3n) is 2.54. The number of carbonyl (C=O) groups excluding carboxylic acids is 1. The Morgan fingerprint density at radius 3 is 2.71 bits per heavy atom. The lowest BCUT2D eigenvalue weighted by Crippen LogP contribution is -2.44. The molecule has 0 N–H and O–H groups in total. The van der Waals surface area contributed by atoms with Crippen LogP contribution in [0.15, 0.2) is 21.3 Å². The zero-order chi connectivity index (χ0) is 12.4. The Morgan fingerprint density at radius 2 is 2.12 bits per heavy atom. The van der Waals surface area contributed by atoms with Crippen molar-refractivity contribution < 1.29 is 9.53 Å². The zero-order valence-corrected chi connectivity index (χ0v) is 12.5. The molecule has 0 saturated carbocycles. The van der Waals surface area contributed by atoms with E-state index in [0.717, 1.165) is 0 Å². The van der Waals surface area contributed by atoms with Crippen molar-refractivity contribution in [2.75, 3.05) is 19.7 Å². The highest BCUT2D eigenvalue weighted by molar-refractivity contribution is 9.11. The second kappa shape index (κ2) is 5.46. The molecule has 1 fully saturated rings. The lowest BCUT2D eigenvalue weighted by molar-refractivity contribution is -0.0124. The Labute approximate surface area is 117 Å². The molecule has 92 valence electrons. The van der Waals surface area contributed by atoms with Gasteiger partial charge in [-0.05, 0) is 50.9 Å². The first-order valence-corrected chi connectivity index (χ1v) is 6.89. The topological polar surface area (TPSA) is 42.4 Å². The van der Waals surface area contributed by atoms with Gasteiger partial charge in [0.25, 0.3) is 5.91 Å². The van der Waals surface area contributed by atoms with Crippen LogP contribution in [-0.4, -0.2) is 41.6 Å². The van der Waals surface area contributed by atoms with Gasteiger partial charge in [0.15, 0.2) is 0 Å². The maximum Gasteiger partial charge on any atom is 0.254 e. The number of aromatic nitrogens is 1. The molecule has 0 aliphatic carbocycles. The molecule has 0 aromatic carbocycles. The van der Waals surface area contributed by atoms with Gasteiger partial charge in [-0.2, -0.15) is 0 Å². The second-order valence-corrected chi connectivity index (χ2v) is 5.56. The van der Waals surface area contributed by atoms with Crippen molar-refractivity contribution in [2.24, 2.45) is 0 Å². The van der Waals surface area contributed by atoms with Gasteiger partial charge in [-0.25, -0.2) is 4.98 Å². The average Bonchev–Trinajstić information content (AvgIpc) is 2.26. The molecule has 0 bridgehead atoms. The van der Waals surface area contributed by atoms with Gasteiger partial charge in [0.05, 0.1) is 12.7 Å². The fourth-order valence-corrected chi connectivity index (χ4v) is 2.89. The first-order chi connectivity index (χ1) is 8.06. The number of carbonyl (C=O) groups is 1. The third kappa shape index (κ3) is 3.26. The maximum atomic E-state index is 12.3. The highest BCUT2D eigenvalue weighted by Gasteiger charge is 2.22. The van der Waals surface area contributed by atoms with Crippen LogP contribution in [0.25, 0.3) is 0 Å².